The summed E-state index contributed by atoms with van der Waals surface area (Å²) >= 11 is 0. The van der Waals surface area contributed by atoms with E-state index in [9.17, 15) is 9.90 Å². The maximum absolute atomic E-state index is 13.1. The summed E-state index contributed by atoms with van der Waals surface area (Å²) in [5.74, 6) is 0.114. The van der Waals surface area contributed by atoms with Gasteiger partial charge < -0.3 is 20.1 Å². The van der Waals surface area contributed by atoms with Crippen molar-refractivity contribution in [2.75, 3.05) is 7.05 Å². The van der Waals surface area contributed by atoms with E-state index in [-0.39, 0.29) is 17.9 Å². The Morgan fingerprint density at radius 2 is 1.84 bits per heavy atom. The van der Waals surface area contributed by atoms with Gasteiger partial charge in [0.1, 0.15) is 5.72 Å². The molecule has 0 aromatic heterocycles. The SMILES string of the molecule is CC.CNC(C(=O)N1[C@@H](Cc2ccccc2)[C@H](O)OC1(C)C)C(C)C. The van der Waals surface area contributed by atoms with Gasteiger partial charge in [-0.1, -0.05) is 58.0 Å². The Bertz CT molecular complexity index is 531. The Kier molecular flexibility index (Phi) is 8.06. The third-order valence-electron chi connectivity index (χ3n) is 4.42. The number of aliphatic hydroxyl groups excluding tert-OH is 1. The molecule has 1 unspecified atom stereocenters. The lowest BCUT2D eigenvalue weighted by Gasteiger charge is -2.37. The van der Waals surface area contributed by atoms with Crippen LogP contribution in [0.3, 0.4) is 0 Å². The molecule has 5 heteroatoms. The van der Waals surface area contributed by atoms with Crippen LogP contribution in [0.2, 0.25) is 0 Å². The van der Waals surface area contributed by atoms with Crippen molar-refractivity contribution in [3.8, 4) is 0 Å². The van der Waals surface area contributed by atoms with E-state index in [4.69, 9.17) is 4.74 Å². The van der Waals surface area contributed by atoms with Crippen LogP contribution in [-0.4, -0.2) is 47.1 Å². The largest absolute Gasteiger partial charge is 0.366 e. The van der Waals surface area contributed by atoms with Crippen molar-refractivity contribution in [1.82, 2.24) is 10.2 Å². The molecule has 0 saturated carbocycles. The fraction of sp³-hybridized carbons (Fsp3) is 0.650. The predicted octanol–water partition coefficient (Wildman–Crippen LogP) is 2.78. The molecular weight excluding hydrogens is 316 g/mol. The molecule has 1 aromatic rings. The first-order chi connectivity index (χ1) is 11.8. The van der Waals surface area contributed by atoms with Gasteiger partial charge in [0.05, 0.1) is 12.1 Å². The van der Waals surface area contributed by atoms with E-state index in [0.29, 0.717) is 6.42 Å². The van der Waals surface area contributed by atoms with Crippen LogP contribution in [0.4, 0.5) is 0 Å². The molecule has 25 heavy (non-hydrogen) atoms. The molecule has 1 amide bonds. The molecule has 1 fully saturated rings. The van der Waals surface area contributed by atoms with Crippen LogP contribution < -0.4 is 5.32 Å². The number of nitrogens with zero attached hydrogens (tertiary/aromatic N) is 1. The van der Waals surface area contributed by atoms with Crippen molar-refractivity contribution >= 4 is 5.91 Å². The maximum Gasteiger partial charge on any atom is 0.242 e. The standard InChI is InChI=1S/C18H28N2O3.C2H6/c1-12(2)15(19-5)16(21)20-14(17(22)23-18(20,3)4)11-13-9-7-6-8-10-13;1-2/h6-10,12,14-15,17,19,22H,11H2,1-5H3;1-2H3/t14-,15?,17+;/m0./s1. The zero-order chi connectivity index (χ0) is 19.2. The van der Waals surface area contributed by atoms with Crippen LogP contribution in [0.15, 0.2) is 30.3 Å². The minimum atomic E-state index is -0.987. The number of hydrogen-bond acceptors (Lipinski definition) is 4. The van der Waals surface area contributed by atoms with Gasteiger partial charge in [0.25, 0.3) is 0 Å². The van der Waals surface area contributed by atoms with Crippen LogP contribution in [0.25, 0.3) is 0 Å². The highest BCUT2D eigenvalue weighted by Gasteiger charge is 2.50. The number of rotatable bonds is 5. The van der Waals surface area contributed by atoms with Gasteiger partial charge in [-0.05, 0) is 38.8 Å². The molecule has 0 aliphatic carbocycles. The molecule has 1 aliphatic rings. The summed E-state index contributed by atoms with van der Waals surface area (Å²) < 4.78 is 5.67. The summed E-state index contributed by atoms with van der Waals surface area (Å²) in [7, 11) is 1.79. The van der Waals surface area contributed by atoms with E-state index < -0.39 is 18.1 Å². The molecule has 1 aromatic carbocycles. The number of carbonyl (C=O) groups is 1. The predicted molar refractivity (Wildman–Crippen MR) is 101 cm³/mol. The molecule has 1 saturated heterocycles. The Morgan fingerprint density at radius 1 is 1.28 bits per heavy atom. The highest BCUT2D eigenvalue weighted by atomic mass is 16.6. The Labute approximate surface area is 152 Å². The third kappa shape index (κ3) is 5.03. The second-order valence-corrected chi connectivity index (χ2v) is 6.93. The zero-order valence-corrected chi connectivity index (χ0v) is 16.6. The van der Waals surface area contributed by atoms with Crippen LogP contribution in [-0.2, 0) is 16.0 Å². The molecule has 2 rings (SSSR count). The number of amides is 1. The average Bonchev–Trinajstić information content (AvgIpc) is 2.79. The molecule has 5 nitrogen and oxygen atoms in total. The minimum Gasteiger partial charge on any atom is -0.366 e. The van der Waals surface area contributed by atoms with Crippen LogP contribution in [0.1, 0.15) is 47.1 Å². The number of carbonyl (C=O) groups excluding carboxylic acids is 1. The summed E-state index contributed by atoms with van der Waals surface area (Å²) in [6, 6.07) is 9.17. The highest BCUT2D eigenvalue weighted by molar-refractivity contribution is 5.83. The molecule has 1 aliphatic heterocycles. The van der Waals surface area contributed by atoms with Crippen molar-refractivity contribution in [3.05, 3.63) is 35.9 Å². The van der Waals surface area contributed by atoms with Gasteiger partial charge in [-0.3, -0.25) is 4.79 Å². The van der Waals surface area contributed by atoms with Crippen LogP contribution >= 0.6 is 0 Å². The summed E-state index contributed by atoms with van der Waals surface area (Å²) in [5, 5.41) is 13.4. The van der Waals surface area contributed by atoms with Crippen molar-refractivity contribution in [1.29, 1.82) is 0 Å². The first-order valence-corrected chi connectivity index (χ1v) is 9.18. The van der Waals surface area contributed by atoms with Gasteiger partial charge in [-0.2, -0.15) is 0 Å². The van der Waals surface area contributed by atoms with Gasteiger partial charge >= 0.3 is 0 Å². The fourth-order valence-corrected chi connectivity index (χ4v) is 3.33. The van der Waals surface area contributed by atoms with E-state index in [1.54, 1.807) is 11.9 Å². The van der Waals surface area contributed by atoms with Gasteiger partial charge in [0.15, 0.2) is 6.29 Å². The van der Waals surface area contributed by atoms with Gasteiger partial charge in [-0.15, -0.1) is 0 Å². The Hall–Kier alpha value is -1.43. The number of benzene rings is 1. The zero-order valence-electron chi connectivity index (χ0n) is 16.6. The van der Waals surface area contributed by atoms with E-state index >= 15 is 0 Å². The van der Waals surface area contributed by atoms with Crippen molar-refractivity contribution in [2.24, 2.45) is 5.92 Å². The second-order valence-electron chi connectivity index (χ2n) is 6.93. The Morgan fingerprint density at radius 3 is 2.32 bits per heavy atom. The first-order valence-electron chi connectivity index (χ1n) is 9.18. The lowest BCUT2D eigenvalue weighted by molar-refractivity contribution is -0.160. The van der Waals surface area contributed by atoms with Crippen molar-refractivity contribution < 1.29 is 14.6 Å². The van der Waals surface area contributed by atoms with E-state index in [1.165, 1.54) is 0 Å². The van der Waals surface area contributed by atoms with Crippen LogP contribution in [0.5, 0.6) is 0 Å². The fourth-order valence-electron chi connectivity index (χ4n) is 3.33. The molecular formula is C20H34N2O3. The summed E-state index contributed by atoms with van der Waals surface area (Å²) in [4.78, 5) is 14.8. The third-order valence-corrected chi connectivity index (χ3v) is 4.42. The topological polar surface area (TPSA) is 61.8 Å². The van der Waals surface area contributed by atoms with Crippen molar-refractivity contribution in [2.45, 2.75) is 72.1 Å². The second kappa shape index (κ2) is 9.32. The molecule has 3 atom stereocenters. The number of nitrogens with one attached hydrogen (secondary N) is 1. The number of ether oxygens (including phenoxy) is 1. The lowest BCUT2D eigenvalue weighted by Crippen LogP contribution is -2.56. The minimum absolute atomic E-state index is 0.0371. The summed E-state index contributed by atoms with van der Waals surface area (Å²) in [5.41, 5.74) is 0.237. The summed E-state index contributed by atoms with van der Waals surface area (Å²) in [6.45, 7) is 11.7. The van der Waals surface area contributed by atoms with Crippen molar-refractivity contribution in [3.63, 3.8) is 0 Å². The number of hydrogen-bond donors (Lipinski definition) is 2. The van der Waals surface area contributed by atoms with E-state index in [1.807, 2.05) is 71.9 Å². The molecule has 1 heterocycles. The molecule has 0 spiro atoms. The van der Waals surface area contributed by atoms with Gasteiger partial charge in [-0.25, -0.2) is 0 Å². The number of aliphatic hydroxyl groups is 1. The van der Waals surface area contributed by atoms with Crippen LogP contribution in [0, 0.1) is 5.92 Å². The van der Waals surface area contributed by atoms with Gasteiger partial charge in [0.2, 0.25) is 5.91 Å². The molecule has 2 N–H and O–H groups in total. The smallest absolute Gasteiger partial charge is 0.242 e. The normalized spacial score (nSPS) is 23.2. The molecule has 0 bridgehead atoms. The maximum atomic E-state index is 13.1. The summed E-state index contributed by atoms with van der Waals surface area (Å²) in [6.07, 6.45) is -0.426. The molecule has 0 radical (unpaired) electrons. The average molecular weight is 351 g/mol. The quantitative estimate of drug-likeness (QED) is 0.857. The van der Waals surface area contributed by atoms with Gasteiger partial charge in [0, 0.05) is 0 Å². The lowest BCUT2D eigenvalue weighted by atomic mass is 9.98. The number of likely N-dealkylation sites (N-methyl/N-ethyl adjacent to an activating group) is 1. The first kappa shape index (κ1) is 21.6. The van der Waals surface area contributed by atoms with E-state index in [0.717, 1.165) is 5.56 Å². The monoisotopic (exact) mass is 350 g/mol. The van der Waals surface area contributed by atoms with E-state index in [2.05, 4.69) is 5.32 Å². The molecule has 142 valence electrons. The highest BCUT2D eigenvalue weighted by Crippen LogP contribution is 2.34. The Balaban J connectivity index is 0.00000151.